The molecule has 0 radical (unpaired) electrons. The van der Waals surface area contributed by atoms with Crippen molar-refractivity contribution in [2.24, 2.45) is 15.9 Å². The Kier molecular flexibility index (Phi) is 6.48. The molecule has 0 saturated carbocycles. The number of halogens is 3. The molecular formula is C16H16F3N5O2. The molecule has 0 unspecified atom stereocenters. The van der Waals surface area contributed by atoms with Crippen molar-refractivity contribution in [2.75, 3.05) is 6.61 Å². The average molecular weight is 367 g/mol. The third-order valence-corrected chi connectivity index (χ3v) is 3.04. The molecule has 0 saturated heterocycles. The number of nitrogens with zero attached hydrogens (tertiary/aromatic N) is 4. The summed E-state index contributed by atoms with van der Waals surface area (Å²) >= 11 is 0. The third-order valence-electron chi connectivity index (χ3n) is 3.04. The second kappa shape index (κ2) is 8.79. The molecule has 0 aliphatic carbocycles. The van der Waals surface area contributed by atoms with Gasteiger partial charge in [0.25, 0.3) is 0 Å². The van der Waals surface area contributed by atoms with Crippen molar-refractivity contribution in [1.29, 1.82) is 0 Å². The van der Waals surface area contributed by atoms with Crippen LogP contribution in [0.3, 0.4) is 0 Å². The molecule has 2 rings (SSSR count). The normalized spacial score (nSPS) is 12.4. The summed E-state index contributed by atoms with van der Waals surface area (Å²) in [6, 6.07) is 5.20. The Morgan fingerprint density at radius 3 is 2.38 bits per heavy atom. The number of rotatable bonds is 7. The first-order chi connectivity index (χ1) is 12.4. The molecule has 0 atom stereocenters. The number of hydrogen-bond acceptors (Lipinski definition) is 7. The summed E-state index contributed by atoms with van der Waals surface area (Å²) in [7, 11) is 0. The topological polar surface area (TPSA) is 95.0 Å². The number of benzene rings is 1. The fourth-order valence-electron chi connectivity index (χ4n) is 1.73. The lowest BCUT2D eigenvalue weighted by Gasteiger charge is -2.08. The summed E-state index contributed by atoms with van der Waals surface area (Å²) < 4.78 is 45.4. The maximum absolute atomic E-state index is 12.1. The van der Waals surface area contributed by atoms with Crippen LogP contribution in [0.5, 0.6) is 11.8 Å². The first-order valence-corrected chi connectivity index (χ1v) is 7.50. The minimum atomic E-state index is -4.74. The van der Waals surface area contributed by atoms with E-state index in [2.05, 4.69) is 24.8 Å². The Hall–Kier alpha value is -3.17. The van der Waals surface area contributed by atoms with Gasteiger partial charge in [-0.15, -0.1) is 13.2 Å². The van der Waals surface area contributed by atoms with Crippen molar-refractivity contribution < 1.29 is 22.6 Å². The van der Waals surface area contributed by atoms with Gasteiger partial charge in [0.05, 0.1) is 11.9 Å². The van der Waals surface area contributed by atoms with Gasteiger partial charge in [-0.05, 0) is 36.2 Å². The SMILES string of the molecule is CCc1cnc(OCC(C=Nc2ccc(OC(F)(F)F)cc2)=NN)nc1. The molecule has 0 amide bonds. The first-order valence-electron chi connectivity index (χ1n) is 7.50. The predicted octanol–water partition coefficient (Wildman–Crippen LogP) is 3.03. The number of hydrazone groups is 1. The van der Waals surface area contributed by atoms with Crippen LogP contribution in [0.2, 0.25) is 0 Å². The number of alkyl halides is 3. The van der Waals surface area contributed by atoms with E-state index in [-0.39, 0.29) is 18.4 Å². The lowest BCUT2D eigenvalue weighted by Crippen LogP contribution is -2.17. The highest BCUT2D eigenvalue weighted by Crippen LogP contribution is 2.24. The Bertz CT molecular complexity index is 759. The number of nitrogens with two attached hydrogens (primary N) is 1. The maximum Gasteiger partial charge on any atom is 0.573 e. The molecule has 7 nitrogen and oxygen atoms in total. The number of ether oxygens (including phenoxy) is 2. The molecule has 1 aromatic carbocycles. The fraction of sp³-hybridized carbons (Fsp3) is 0.250. The lowest BCUT2D eigenvalue weighted by molar-refractivity contribution is -0.274. The second-order valence-electron chi connectivity index (χ2n) is 4.94. The monoisotopic (exact) mass is 367 g/mol. The highest BCUT2D eigenvalue weighted by molar-refractivity contribution is 6.31. The van der Waals surface area contributed by atoms with Gasteiger partial charge < -0.3 is 15.3 Å². The molecule has 1 heterocycles. The number of aromatic nitrogens is 2. The van der Waals surface area contributed by atoms with Crippen LogP contribution < -0.4 is 15.3 Å². The maximum atomic E-state index is 12.1. The Balaban J connectivity index is 1.92. The van der Waals surface area contributed by atoms with Gasteiger partial charge in [-0.25, -0.2) is 9.97 Å². The molecular weight excluding hydrogens is 351 g/mol. The first kappa shape index (κ1) is 19.2. The molecule has 0 fully saturated rings. The van der Waals surface area contributed by atoms with Crippen molar-refractivity contribution in [3.63, 3.8) is 0 Å². The van der Waals surface area contributed by atoms with Gasteiger partial charge in [-0.2, -0.15) is 5.10 Å². The van der Waals surface area contributed by atoms with Crippen LogP contribution in [0, 0.1) is 0 Å². The van der Waals surface area contributed by atoms with Crippen LogP contribution in [0.4, 0.5) is 18.9 Å². The van der Waals surface area contributed by atoms with Gasteiger partial charge in [-0.3, -0.25) is 4.99 Å². The van der Waals surface area contributed by atoms with Gasteiger partial charge in [0.15, 0.2) is 0 Å². The number of aryl methyl sites for hydroxylation is 1. The van der Waals surface area contributed by atoms with Gasteiger partial charge in [0.2, 0.25) is 0 Å². The van der Waals surface area contributed by atoms with E-state index in [0.29, 0.717) is 11.4 Å². The molecule has 0 aliphatic rings. The largest absolute Gasteiger partial charge is 0.573 e. The quantitative estimate of drug-likeness (QED) is 0.461. The summed E-state index contributed by atoms with van der Waals surface area (Å²) in [5.41, 5.74) is 1.66. The molecule has 1 aromatic heterocycles. The standard InChI is InChI=1S/C16H16F3N5O2/c1-2-11-7-22-15(23-8-11)25-10-13(24-20)9-21-12-3-5-14(6-4-12)26-16(17,18)19/h3-9H,2,10,20H2,1H3. The van der Waals surface area contributed by atoms with E-state index in [4.69, 9.17) is 10.6 Å². The Morgan fingerprint density at radius 2 is 1.85 bits per heavy atom. The van der Waals surface area contributed by atoms with Crippen LogP contribution >= 0.6 is 0 Å². The molecule has 0 spiro atoms. The Morgan fingerprint density at radius 1 is 1.19 bits per heavy atom. The summed E-state index contributed by atoms with van der Waals surface area (Å²) in [5.74, 6) is 4.94. The zero-order valence-electron chi connectivity index (χ0n) is 13.8. The molecule has 138 valence electrons. The lowest BCUT2D eigenvalue weighted by atomic mass is 10.3. The van der Waals surface area contributed by atoms with Crippen LogP contribution in [0.25, 0.3) is 0 Å². The van der Waals surface area contributed by atoms with Crippen molar-refractivity contribution in [1.82, 2.24) is 9.97 Å². The number of hydrogen-bond donors (Lipinski definition) is 1. The van der Waals surface area contributed by atoms with Crippen molar-refractivity contribution in [2.45, 2.75) is 19.7 Å². The van der Waals surface area contributed by atoms with Crippen molar-refractivity contribution in [3.05, 3.63) is 42.2 Å². The van der Waals surface area contributed by atoms with Crippen molar-refractivity contribution in [3.8, 4) is 11.8 Å². The zero-order chi connectivity index (χ0) is 19.0. The molecule has 2 aromatic rings. The summed E-state index contributed by atoms with van der Waals surface area (Å²) in [4.78, 5) is 12.1. The van der Waals surface area contributed by atoms with Crippen LogP contribution in [0.15, 0.2) is 46.8 Å². The second-order valence-corrected chi connectivity index (χ2v) is 4.94. The van der Waals surface area contributed by atoms with E-state index in [9.17, 15) is 13.2 Å². The highest BCUT2D eigenvalue weighted by Gasteiger charge is 2.30. The summed E-state index contributed by atoms with van der Waals surface area (Å²) in [6.45, 7) is 1.97. The van der Waals surface area contributed by atoms with E-state index in [0.717, 1.165) is 24.1 Å². The fourth-order valence-corrected chi connectivity index (χ4v) is 1.73. The molecule has 10 heteroatoms. The van der Waals surface area contributed by atoms with Gasteiger partial charge >= 0.3 is 12.4 Å². The Labute approximate surface area is 147 Å². The van der Waals surface area contributed by atoms with Gasteiger partial charge in [0, 0.05) is 12.4 Å². The minimum Gasteiger partial charge on any atom is -0.457 e. The van der Waals surface area contributed by atoms with E-state index in [1.54, 1.807) is 12.4 Å². The average Bonchev–Trinajstić information content (AvgIpc) is 2.62. The molecule has 0 bridgehead atoms. The predicted molar refractivity (Wildman–Crippen MR) is 89.8 cm³/mol. The molecule has 0 aliphatic heterocycles. The van der Waals surface area contributed by atoms with Crippen LogP contribution in [-0.4, -0.2) is 34.9 Å². The zero-order valence-corrected chi connectivity index (χ0v) is 13.8. The highest BCUT2D eigenvalue weighted by atomic mass is 19.4. The number of aliphatic imine (C=N–C) groups is 1. The summed E-state index contributed by atoms with van der Waals surface area (Å²) in [5, 5.41) is 3.53. The van der Waals surface area contributed by atoms with Crippen LogP contribution in [-0.2, 0) is 6.42 Å². The van der Waals surface area contributed by atoms with Gasteiger partial charge in [0.1, 0.15) is 18.1 Å². The molecule has 2 N–H and O–H groups in total. The smallest absolute Gasteiger partial charge is 0.457 e. The van der Waals surface area contributed by atoms with Gasteiger partial charge in [-0.1, -0.05) is 6.92 Å². The van der Waals surface area contributed by atoms with Crippen molar-refractivity contribution >= 4 is 17.6 Å². The van der Waals surface area contributed by atoms with E-state index in [1.807, 2.05) is 6.92 Å². The van der Waals surface area contributed by atoms with E-state index in [1.165, 1.54) is 18.3 Å². The van der Waals surface area contributed by atoms with E-state index >= 15 is 0 Å². The van der Waals surface area contributed by atoms with E-state index < -0.39 is 6.36 Å². The summed E-state index contributed by atoms with van der Waals surface area (Å²) in [6.07, 6.45) is 0.717. The minimum absolute atomic E-state index is 0.0132. The van der Waals surface area contributed by atoms with Crippen LogP contribution in [0.1, 0.15) is 12.5 Å². The third kappa shape index (κ3) is 6.38. The molecule has 26 heavy (non-hydrogen) atoms.